The zero-order valence-corrected chi connectivity index (χ0v) is 21.5. The normalized spacial score (nSPS) is 29.1. The van der Waals surface area contributed by atoms with Crippen molar-refractivity contribution in [2.24, 2.45) is 17.8 Å². The number of nitrogens with one attached hydrogen (secondary N) is 1. The highest BCUT2D eigenvalue weighted by Crippen LogP contribution is 2.46. The molecule has 2 saturated carbocycles. The number of carbonyl (C=O) groups is 2. The molecular weight excluding hydrogens is 424 g/mol. The van der Waals surface area contributed by atoms with E-state index in [-0.39, 0.29) is 11.9 Å². The zero-order valence-electron chi connectivity index (χ0n) is 21.5. The maximum Gasteiger partial charge on any atom is 0.255 e. The summed E-state index contributed by atoms with van der Waals surface area (Å²) in [4.78, 5) is 26.0. The van der Waals surface area contributed by atoms with E-state index in [0.29, 0.717) is 30.7 Å². The van der Waals surface area contributed by atoms with Crippen LogP contribution in [0.2, 0.25) is 0 Å². The molecule has 1 aromatic rings. The fraction of sp³-hybridized carbons (Fsp3) is 0.724. The number of hydrogen-bond acceptors (Lipinski definition) is 4. The van der Waals surface area contributed by atoms with Crippen molar-refractivity contribution in [3.63, 3.8) is 0 Å². The molecule has 1 aliphatic heterocycles. The van der Waals surface area contributed by atoms with Crippen molar-refractivity contribution in [2.75, 3.05) is 13.2 Å². The van der Waals surface area contributed by atoms with Crippen molar-refractivity contribution < 1.29 is 14.3 Å². The average Bonchev–Trinajstić information content (AvgIpc) is 3.13. The van der Waals surface area contributed by atoms with Crippen LogP contribution in [-0.4, -0.2) is 41.8 Å². The van der Waals surface area contributed by atoms with Crippen LogP contribution in [0.4, 0.5) is 0 Å². The molecule has 1 amide bonds. The number of rotatable bonds is 12. The number of hydrogen-bond donors (Lipinski definition) is 1. The Hall–Kier alpha value is -1.88. The minimum atomic E-state index is -0.348. The lowest BCUT2D eigenvalue weighted by Crippen LogP contribution is -2.50. The van der Waals surface area contributed by atoms with Crippen LogP contribution in [0.5, 0.6) is 5.75 Å². The Kier molecular flexibility index (Phi) is 8.34. The van der Waals surface area contributed by atoms with Crippen LogP contribution >= 0.6 is 0 Å². The second kappa shape index (κ2) is 11.2. The summed E-state index contributed by atoms with van der Waals surface area (Å²) in [6, 6.07) is 5.34. The van der Waals surface area contributed by atoms with Crippen molar-refractivity contribution in [1.29, 1.82) is 0 Å². The summed E-state index contributed by atoms with van der Waals surface area (Å²) >= 11 is 0. The molecule has 4 rings (SSSR count). The third kappa shape index (κ3) is 5.84. The first kappa shape index (κ1) is 25.2. The van der Waals surface area contributed by atoms with E-state index in [2.05, 4.69) is 19.2 Å². The molecular formula is C29H44N2O3. The van der Waals surface area contributed by atoms with Gasteiger partial charge in [0, 0.05) is 16.7 Å². The standard InChI is InChI=1S/C29H44N2O3/c1-4-9-24(20-32)31-19-26-25(28(31)33)10-8-11-27(26)34-13-7-5-6-12-30-29(3)17-22-14-21(2)15-23(16-22)18-29/h8,10-11,20-24,30H,4-7,9,12-19H2,1-3H3. The molecule has 3 unspecified atom stereocenters. The molecule has 5 heteroatoms. The summed E-state index contributed by atoms with van der Waals surface area (Å²) in [7, 11) is 0. The Morgan fingerprint density at radius 2 is 1.94 bits per heavy atom. The summed E-state index contributed by atoms with van der Waals surface area (Å²) in [5, 5.41) is 3.91. The fourth-order valence-electron chi connectivity index (χ4n) is 7.03. The number of unbranched alkanes of at least 4 members (excludes halogenated alkanes) is 2. The van der Waals surface area contributed by atoms with Crippen molar-refractivity contribution in [1.82, 2.24) is 10.2 Å². The largest absolute Gasteiger partial charge is 0.493 e. The number of benzene rings is 1. The third-order valence-electron chi connectivity index (χ3n) is 8.34. The molecule has 0 saturated heterocycles. The zero-order chi connectivity index (χ0) is 24.1. The number of fused-ring (bicyclic) bond motifs is 3. The third-order valence-corrected chi connectivity index (χ3v) is 8.34. The molecule has 3 atom stereocenters. The van der Waals surface area contributed by atoms with Crippen LogP contribution in [-0.2, 0) is 11.3 Å². The predicted octanol–water partition coefficient (Wildman–Crippen LogP) is 5.75. The van der Waals surface area contributed by atoms with E-state index in [1.165, 1.54) is 38.5 Å². The number of aldehydes is 1. The van der Waals surface area contributed by atoms with Crippen LogP contribution < -0.4 is 10.1 Å². The van der Waals surface area contributed by atoms with Gasteiger partial charge in [-0.15, -0.1) is 0 Å². The molecule has 34 heavy (non-hydrogen) atoms. The van der Waals surface area contributed by atoms with Crippen LogP contribution in [0.1, 0.15) is 101 Å². The Bertz CT molecular complexity index is 836. The lowest BCUT2D eigenvalue weighted by Gasteiger charge is -2.47. The van der Waals surface area contributed by atoms with Gasteiger partial charge in [0.2, 0.25) is 0 Å². The summed E-state index contributed by atoms with van der Waals surface area (Å²) < 4.78 is 6.11. The molecule has 188 valence electrons. The molecule has 2 fully saturated rings. The average molecular weight is 469 g/mol. The van der Waals surface area contributed by atoms with Gasteiger partial charge in [0.25, 0.3) is 5.91 Å². The fourth-order valence-corrected chi connectivity index (χ4v) is 7.03. The number of nitrogens with zero attached hydrogens (tertiary/aromatic N) is 1. The molecule has 0 radical (unpaired) electrons. The highest BCUT2D eigenvalue weighted by molar-refractivity contribution is 6.00. The summed E-state index contributed by atoms with van der Waals surface area (Å²) in [5.41, 5.74) is 1.94. The summed E-state index contributed by atoms with van der Waals surface area (Å²) in [6.07, 6.45) is 12.8. The quantitative estimate of drug-likeness (QED) is 0.313. The maximum absolute atomic E-state index is 12.8. The van der Waals surface area contributed by atoms with E-state index in [9.17, 15) is 9.59 Å². The van der Waals surface area contributed by atoms with Crippen molar-refractivity contribution in [3.05, 3.63) is 29.3 Å². The lowest BCUT2D eigenvalue weighted by molar-refractivity contribution is -0.112. The highest BCUT2D eigenvalue weighted by Gasteiger charge is 2.40. The molecule has 1 heterocycles. The van der Waals surface area contributed by atoms with Gasteiger partial charge >= 0.3 is 0 Å². The first-order valence-corrected chi connectivity index (χ1v) is 13.7. The van der Waals surface area contributed by atoms with E-state index in [0.717, 1.165) is 61.2 Å². The molecule has 2 bridgehead atoms. The SMILES string of the molecule is CCCC(C=O)N1Cc2c(OCCCCCNC3(C)CC4CC(C)CC(C4)C3)cccc2C1=O. The van der Waals surface area contributed by atoms with Gasteiger partial charge in [-0.2, -0.15) is 0 Å². The van der Waals surface area contributed by atoms with Crippen LogP contribution in [0.15, 0.2) is 18.2 Å². The van der Waals surface area contributed by atoms with Gasteiger partial charge in [0.05, 0.1) is 19.2 Å². The smallest absolute Gasteiger partial charge is 0.255 e. The molecule has 2 aliphatic carbocycles. The van der Waals surface area contributed by atoms with Gasteiger partial charge in [-0.25, -0.2) is 0 Å². The Morgan fingerprint density at radius 3 is 2.65 bits per heavy atom. The number of ether oxygens (including phenoxy) is 1. The van der Waals surface area contributed by atoms with Gasteiger partial charge in [-0.1, -0.05) is 26.3 Å². The highest BCUT2D eigenvalue weighted by atomic mass is 16.5. The molecule has 5 nitrogen and oxygen atoms in total. The number of carbonyl (C=O) groups excluding carboxylic acids is 2. The van der Waals surface area contributed by atoms with Gasteiger partial charge in [0.1, 0.15) is 12.0 Å². The van der Waals surface area contributed by atoms with Gasteiger partial charge in [0.15, 0.2) is 0 Å². The predicted molar refractivity (Wildman–Crippen MR) is 136 cm³/mol. The Balaban J connectivity index is 1.18. The first-order chi connectivity index (χ1) is 16.4. The second-order valence-corrected chi connectivity index (χ2v) is 11.6. The minimum Gasteiger partial charge on any atom is -0.493 e. The van der Waals surface area contributed by atoms with E-state index >= 15 is 0 Å². The summed E-state index contributed by atoms with van der Waals surface area (Å²) in [5.74, 6) is 3.51. The van der Waals surface area contributed by atoms with Crippen LogP contribution in [0, 0.1) is 17.8 Å². The monoisotopic (exact) mass is 468 g/mol. The maximum atomic E-state index is 12.8. The first-order valence-electron chi connectivity index (χ1n) is 13.7. The van der Waals surface area contributed by atoms with Crippen LogP contribution in [0.3, 0.4) is 0 Å². The van der Waals surface area contributed by atoms with Gasteiger partial charge in [-0.05, 0) is 101 Å². The molecule has 3 aliphatic rings. The van der Waals surface area contributed by atoms with Crippen molar-refractivity contribution >= 4 is 12.2 Å². The lowest BCUT2D eigenvalue weighted by atomic mass is 9.62. The van der Waals surface area contributed by atoms with E-state index in [1.807, 2.05) is 25.1 Å². The molecule has 1 aromatic carbocycles. The second-order valence-electron chi connectivity index (χ2n) is 11.6. The van der Waals surface area contributed by atoms with Crippen molar-refractivity contribution in [3.8, 4) is 5.75 Å². The Morgan fingerprint density at radius 1 is 1.18 bits per heavy atom. The van der Waals surface area contributed by atoms with Gasteiger partial charge < -0.3 is 19.7 Å². The topological polar surface area (TPSA) is 58.6 Å². The minimum absolute atomic E-state index is 0.0492. The Labute approximate surface area is 206 Å². The van der Waals surface area contributed by atoms with E-state index in [4.69, 9.17) is 4.74 Å². The van der Waals surface area contributed by atoms with E-state index in [1.54, 1.807) is 4.90 Å². The molecule has 1 N–H and O–H groups in total. The van der Waals surface area contributed by atoms with Crippen molar-refractivity contribution in [2.45, 2.75) is 103 Å². The number of amides is 1. The van der Waals surface area contributed by atoms with E-state index < -0.39 is 0 Å². The van der Waals surface area contributed by atoms with Gasteiger partial charge in [-0.3, -0.25) is 4.79 Å². The molecule has 0 aromatic heterocycles. The summed E-state index contributed by atoms with van der Waals surface area (Å²) in [6.45, 7) is 9.13. The molecule has 0 spiro atoms. The van der Waals surface area contributed by atoms with Crippen LogP contribution in [0.25, 0.3) is 0 Å².